The average molecular weight is 302 g/mol. The van der Waals surface area contributed by atoms with E-state index in [0.717, 1.165) is 22.1 Å². The van der Waals surface area contributed by atoms with Gasteiger partial charge in [-0.2, -0.15) is 0 Å². The lowest BCUT2D eigenvalue weighted by Gasteiger charge is -2.06. The monoisotopic (exact) mass is 301 g/mol. The average Bonchev–Trinajstić information content (AvgIpc) is 2.86. The van der Waals surface area contributed by atoms with Crippen molar-refractivity contribution in [3.8, 4) is 10.6 Å². The van der Waals surface area contributed by atoms with Crippen molar-refractivity contribution in [3.05, 3.63) is 22.0 Å². The smallest absolute Gasteiger partial charge is 0.179 e. The van der Waals surface area contributed by atoms with Gasteiger partial charge in [-0.25, -0.2) is 0 Å². The Balaban J connectivity index is 2.23. The standard InChI is InChI=1S/C10H12BrN3OS/c1-3-12-6(2)9-13-14-10(16-9)7-4-5-15-8(7)11/h4-6,12H,3H2,1-2H3. The fraction of sp³-hybridized carbons (Fsp3) is 0.400. The summed E-state index contributed by atoms with van der Waals surface area (Å²) >= 11 is 4.91. The van der Waals surface area contributed by atoms with E-state index in [2.05, 4.69) is 45.3 Å². The molecule has 2 aromatic rings. The van der Waals surface area contributed by atoms with Gasteiger partial charge in [-0.1, -0.05) is 18.3 Å². The third kappa shape index (κ3) is 2.34. The maximum Gasteiger partial charge on any atom is 0.179 e. The van der Waals surface area contributed by atoms with Crippen LogP contribution in [0.1, 0.15) is 24.9 Å². The van der Waals surface area contributed by atoms with Crippen LogP contribution < -0.4 is 5.32 Å². The first kappa shape index (κ1) is 11.8. The van der Waals surface area contributed by atoms with E-state index >= 15 is 0 Å². The Labute approximate surface area is 106 Å². The van der Waals surface area contributed by atoms with E-state index in [4.69, 9.17) is 4.42 Å². The second-order valence-corrected chi connectivity index (χ2v) is 5.06. The van der Waals surface area contributed by atoms with Crippen LogP contribution in [-0.4, -0.2) is 16.7 Å². The van der Waals surface area contributed by atoms with Gasteiger partial charge in [0.15, 0.2) is 9.68 Å². The van der Waals surface area contributed by atoms with Gasteiger partial charge in [-0.3, -0.25) is 0 Å². The first-order valence-corrected chi connectivity index (χ1v) is 6.63. The molecule has 0 fully saturated rings. The summed E-state index contributed by atoms with van der Waals surface area (Å²) in [5.41, 5.74) is 0.951. The highest BCUT2D eigenvalue weighted by molar-refractivity contribution is 9.10. The van der Waals surface area contributed by atoms with Crippen molar-refractivity contribution in [1.29, 1.82) is 0 Å². The van der Waals surface area contributed by atoms with Crippen molar-refractivity contribution >= 4 is 27.3 Å². The number of nitrogens with one attached hydrogen (secondary N) is 1. The van der Waals surface area contributed by atoms with Crippen LogP contribution >= 0.6 is 27.3 Å². The Bertz CT molecular complexity index is 468. The fourth-order valence-electron chi connectivity index (χ4n) is 1.36. The zero-order valence-corrected chi connectivity index (χ0v) is 11.4. The van der Waals surface area contributed by atoms with Crippen molar-refractivity contribution in [3.63, 3.8) is 0 Å². The minimum atomic E-state index is 0.238. The SMILES string of the molecule is CCNC(C)c1nnc(-c2ccoc2Br)s1. The predicted molar refractivity (Wildman–Crippen MR) is 67.4 cm³/mol. The Morgan fingerprint density at radius 3 is 3.00 bits per heavy atom. The summed E-state index contributed by atoms with van der Waals surface area (Å²) < 4.78 is 5.88. The highest BCUT2D eigenvalue weighted by Gasteiger charge is 2.15. The molecule has 0 aliphatic rings. The zero-order valence-electron chi connectivity index (χ0n) is 9.03. The summed E-state index contributed by atoms with van der Waals surface area (Å²) in [5, 5.41) is 13.5. The van der Waals surface area contributed by atoms with Crippen molar-refractivity contribution in [1.82, 2.24) is 15.5 Å². The molecule has 0 aliphatic carbocycles. The second-order valence-electron chi connectivity index (χ2n) is 3.33. The van der Waals surface area contributed by atoms with E-state index in [1.807, 2.05) is 6.07 Å². The van der Waals surface area contributed by atoms with Crippen LogP contribution in [0.4, 0.5) is 0 Å². The van der Waals surface area contributed by atoms with Crippen LogP contribution in [0.3, 0.4) is 0 Å². The number of furan rings is 1. The summed E-state index contributed by atoms with van der Waals surface area (Å²) in [7, 11) is 0. The lowest BCUT2D eigenvalue weighted by Crippen LogP contribution is -2.17. The normalized spacial score (nSPS) is 12.9. The van der Waals surface area contributed by atoms with Gasteiger partial charge in [0.2, 0.25) is 0 Å². The molecule has 2 rings (SSSR count). The van der Waals surface area contributed by atoms with Crippen LogP contribution in [0.25, 0.3) is 10.6 Å². The molecule has 0 aliphatic heterocycles. The Kier molecular flexibility index (Phi) is 3.73. The van der Waals surface area contributed by atoms with Crippen LogP contribution in [0.2, 0.25) is 0 Å². The molecular formula is C10H12BrN3OS. The summed E-state index contributed by atoms with van der Waals surface area (Å²) in [6.07, 6.45) is 1.63. The molecule has 0 spiro atoms. The summed E-state index contributed by atoms with van der Waals surface area (Å²) in [6, 6.07) is 2.12. The Hall–Kier alpha value is -0.720. The molecule has 16 heavy (non-hydrogen) atoms. The van der Waals surface area contributed by atoms with Crippen LogP contribution in [0.15, 0.2) is 21.4 Å². The summed E-state index contributed by atoms with van der Waals surface area (Å²) in [5.74, 6) is 0. The summed E-state index contributed by atoms with van der Waals surface area (Å²) in [4.78, 5) is 0. The Morgan fingerprint density at radius 2 is 2.38 bits per heavy atom. The molecule has 4 nitrogen and oxygen atoms in total. The number of hydrogen-bond acceptors (Lipinski definition) is 5. The second kappa shape index (κ2) is 5.07. The number of halogens is 1. The van der Waals surface area contributed by atoms with E-state index in [-0.39, 0.29) is 6.04 Å². The molecule has 86 valence electrons. The molecule has 0 aromatic carbocycles. The largest absolute Gasteiger partial charge is 0.457 e. The minimum absolute atomic E-state index is 0.238. The first-order chi connectivity index (χ1) is 7.72. The molecule has 0 saturated heterocycles. The van der Waals surface area contributed by atoms with Gasteiger partial charge in [0, 0.05) is 0 Å². The zero-order chi connectivity index (χ0) is 11.5. The van der Waals surface area contributed by atoms with E-state index in [9.17, 15) is 0 Å². The van der Waals surface area contributed by atoms with Gasteiger partial charge >= 0.3 is 0 Å². The quantitative estimate of drug-likeness (QED) is 0.942. The van der Waals surface area contributed by atoms with Crippen LogP contribution in [0.5, 0.6) is 0 Å². The van der Waals surface area contributed by atoms with E-state index in [1.54, 1.807) is 17.6 Å². The molecule has 6 heteroatoms. The third-order valence-corrected chi connectivity index (χ3v) is 3.92. The third-order valence-electron chi connectivity index (χ3n) is 2.17. The minimum Gasteiger partial charge on any atom is -0.457 e. The molecule has 1 atom stereocenters. The molecule has 0 bridgehead atoms. The first-order valence-electron chi connectivity index (χ1n) is 5.02. The van der Waals surface area contributed by atoms with E-state index < -0.39 is 0 Å². The summed E-state index contributed by atoms with van der Waals surface area (Å²) in [6.45, 7) is 5.08. The highest BCUT2D eigenvalue weighted by atomic mass is 79.9. The van der Waals surface area contributed by atoms with Crippen molar-refractivity contribution < 1.29 is 4.42 Å². The van der Waals surface area contributed by atoms with Gasteiger partial charge in [-0.15, -0.1) is 10.2 Å². The van der Waals surface area contributed by atoms with Crippen molar-refractivity contribution in [2.45, 2.75) is 19.9 Å². The predicted octanol–water partition coefficient (Wildman–Crippen LogP) is 3.23. The van der Waals surface area contributed by atoms with Crippen molar-refractivity contribution in [2.24, 2.45) is 0 Å². The molecule has 1 unspecified atom stereocenters. The van der Waals surface area contributed by atoms with Gasteiger partial charge in [0.25, 0.3) is 0 Å². The molecule has 2 aromatic heterocycles. The lowest BCUT2D eigenvalue weighted by atomic mass is 10.3. The van der Waals surface area contributed by atoms with Gasteiger partial charge in [0.1, 0.15) is 5.01 Å². The van der Waals surface area contributed by atoms with Gasteiger partial charge in [0.05, 0.1) is 17.9 Å². The molecule has 0 radical (unpaired) electrons. The van der Waals surface area contributed by atoms with Gasteiger partial charge in [-0.05, 0) is 35.5 Å². The topological polar surface area (TPSA) is 51.0 Å². The van der Waals surface area contributed by atoms with Gasteiger partial charge < -0.3 is 9.73 Å². The fourth-order valence-corrected chi connectivity index (χ4v) is 2.81. The number of aromatic nitrogens is 2. The van der Waals surface area contributed by atoms with Crippen LogP contribution in [0, 0.1) is 0 Å². The maximum atomic E-state index is 5.18. The van der Waals surface area contributed by atoms with E-state index in [1.165, 1.54) is 0 Å². The van der Waals surface area contributed by atoms with E-state index in [0.29, 0.717) is 4.67 Å². The molecule has 0 amide bonds. The molecule has 0 saturated carbocycles. The maximum absolute atomic E-state index is 5.18. The number of hydrogen-bond donors (Lipinski definition) is 1. The molecular weight excluding hydrogens is 290 g/mol. The van der Waals surface area contributed by atoms with Crippen molar-refractivity contribution in [2.75, 3.05) is 6.54 Å². The lowest BCUT2D eigenvalue weighted by molar-refractivity contribution is 0.542. The van der Waals surface area contributed by atoms with Crippen LogP contribution in [-0.2, 0) is 0 Å². The number of nitrogens with zero attached hydrogens (tertiary/aromatic N) is 2. The number of rotatable bonds is 4. The molecule has 1 N–H and O–H groups in total. The highest BCUT2D eigenvalue weighted by Crippen LogP contribution is 2.32. The molecule has 2 heterocycles. The Morgan fingerprint density at radius 1 is 1.56 bits per heavy atom.